The Balaban J connectivity index is 0.824. The third kappa shape index (κ3) is 13.3. The molecule has 39 atom stereocenters. The van der Waals surface area contributed by atoms with Crippen LogP contribution in [-0.4, -0.2) is 328 Å². The van der Waals surface area contributed by atoms with Crippen molar-refractivity contribution in [2.24, 2.45) is 61.4 Å². The van der Waals surface area contributed by atoms with Gasteiger partial charge in [0, 0.05) is 6.42 Å². The largest absolute Gasteiger partial charge is 0.479 e. The van der Waals surface area contributed by atoms with Crippen LogP contribution in [0.3, 0.4) is 0 Å². The average Bonchev–Trinajstić information content (AvgIpc) is 1.42. The molecule has 35 heteroatoms. The molecule has 0 aromatic rings. The van der Waals surface area contributed by atoms with Gasteiger partial charge in [-0.1, -0.05) is 59.6 Å². The number of unbranched alkanes of at least 4 members (excludes halogenated alkanes) is 2. The lowest BCUT2D eigenvalue weighted by molar-refractivity contribution is -0.391. The molecule has 6 saturated heterocycles. The van der Waals surface area contributed by atoms with Crippen LogP contribution in [-0.2, 0) is 76.0 Å². The second kappa shape index (κ2) is 30.3. The van der Waals surface area contributed by atoms with Crippen molar-refractivity contribution in [3.05, 3.63) is 11.6 Å². The molecule has 12 rings (SSSR count). The zero-order chi connectivity index (χ0) is 76.5. The maximum absolute atomic E-state index is 16.0. The fraction of sp³-hybridized carbons (Fsp3) is 0.914. The number of carbonyl (C=O) groups excluding carboxylic acids is 3. The Morgan fingerprint density at radius 1 is 0.600 bits per heavy atom. The quantitative estimate of drug-likeness (QED) is 0.0158. The molecule has 1 spiro atoms. The fourth-order valence-electron chi connectivity index (χ4n) is 21.2. The van der Waals surface area contributed by atoms with Crippen molar-refractivity contribution in [3.8, 4) is 0 Å². The topological polar surface area (TPSA) is 561 Å². The van der Waals surface area contributed by atoms with Gasteiger partial charge >= 0.3 is 11.9 Å². The van der Waals surface area contributed by atoms with E-state index in [1.807, 2.05) is 0 Å². The Kier molecular flexibility index (Phi) is 23.4. The van der Waals surface area contributed by atoms with Crippen molar-refractivity contribution in [1.82, 2.24) is 5.32 Å². The van der Waals surface area contributed by atoms with E-state index in [2.05, 4.69) is 46.0 Å². The summed E-state index contributed by atoms with van der Waals surface area (Å²) in [6.07, 6.45) is -45.0. The maximum Gasteiger partial charge on any atom is 0.335 e. The van der Waals surface area contributed by atoms with Crippen LogP contribution in [0.15, 0.2) is 11.6 Å². The summed E-state index contributed by atoms with van der Waals surface area (Å²) in [5.41, 5.74) is 0.300. The number of ether oxygens (including phenoxy) is 12. The van der Waals surface area contributed by atoms with Gasteiger partial charge in [0.15, 0.2) is 43.7 Å². The van der Waals surface area contributed by atoms with Crippen LogP contribution in [0.25, 0.3) is 0 Å². The number of rotatable bonds is 22. The number of aliphatic hydroxyl groups is 16. The van der Waals surface area contributed by atoms with E-state index < -0.39 is 278 Å². The number of carbonyl (C=O) groups is 4. The van der Waals surface area contributed by atoms with E-state index in [1.165, 1.54) is 6.92 Å². The molecule has 12 aliphatic rings. The Labute approximate surface area is 606 Å². The number of amides is 1. The predicted octanol–water partition coefficient (Wildman–Crippen LogP) is -5.59. The lowest BCUT2D eigenvalue weighted by atomic mass is 9.40. The molecule has 0 radical (unpaired) electrons. The number of aldehydes is 1. The number of esters is 1. The first-order valence-electron chi connectivity index (χ1n) is 36.9. The van der Waals surface area contributed by atoms with E-state index in [1.54, 1.807) is 6.92 Å². The number of fused-ring (bicyclic) bond motifs is 6. The van der Waals surface area contributed by atoms with E-state index in [-0.39, 0.29) is 31.6 Å². The van der Waals surface area contributed by atoms with Crippen molar-refractivity contribution < 1.29 is 163 Å². The monoisotopic (exact) mass is 1510 g/mol. The Morgan fingerprint density at radius 2 is 1.19 bits per heavy atom. The summed E-state index contributed by atoms with van der Waals surface area (Å²) in [5, 5.41) is 191. The lowest BCUT2D eigenvalue weighted by Gasteiger charge is -2.64. The van der Waals surface area contributed by atoms with Gasteiger partial charge in [0.1, 0.15) is 122 Å². The molecule has 1 amide bonds. The number of hydrogen-bond acceptors (Lipinski definition) is 33. The Hall–Kier alpha value is -3.30. The first-order valence-corrected chi connectivity index (χ1v) is 36.9. The van der Waals surface area contributed by atoms with Crippen LogP contribution in [0.5, 0.6) is 0 Å². The summed E-state index contributed by atoms with van der Waals surface area (Å²) in [7, 11) is 0. The number of nitrogens with one attached hydrogen (secondary N) is 1. The SMILES string of the molecule is C[C@H]1O[C@@H](OC2C(O)C(NC(=O)CCCCCN)[C@H](CO)O[C@H]2OC(=O)C23CCC(C)(C)CC2C2=CCC45C(C[C@@H]6C4(C)CC[C@H](OC4OC(C(=O)O)[C@@H](O)[C@H](OC7OC[C@@H](O)[C@H](O)[C@@H]7O)[C@@H]4OC4OC(CO)[C@H](O)[C@H](O)[C@@H]4O)[C@]6(C)C=O)C5(C)[C@]2(C)C[C@@H]3O)C(O)C(O)C1O[C@@H]1OCC(O)C(O)C1O. The van der Waals surface area contributed by atoms with Gasteiger partial charge in [0.2, 0.25) is 12.2 Å². The van der Waals surface area contributed by atoms with E-state index in [9.17, 15) is 101 Å². The molecular weight excluding hydrogens is 1400 g/mol. The molecule has 6 aliphatic heterocycles. The van der Waals surface area contributed by atoms with Crippen LogP contribution >= 0.6 is 0 Å². The summed E-state index contributed by atoms with van der Waals surface area (Å²) in [6.45, 7) is 11.3. The minimum absolute atomic E-state index is 0.0118. The summed E-state index contributed by atoms with van der Waals surface area (Å²) in [5.74, 6) is -4.55. The second-order valence-corrected chi connectivity index (χ2v) is 33.3. The number of hydrogen-bond donors (Lipinski definition) is 19. The zero-order valence-corrected chi connectivity index (χ0v) is 59.9. The number of carboxylic acid groups (broad SMARTS) is 1. The fourth-order valence-corrected chi connectivity index (χ4v) is 21.2. The van der Waals surface area contributed by atoms with Crippen molar-refractivity contribution in [3.63, 3.8) is 0 Å². The van der Waals surface area contributed by atoms with Crippen LogP contribution < -0.4 is 11.1 Å². The van der Waals surface area contributed by atoms with Crippen molar-refractivity contribution >= 4 is 24.1 Å². The molecule has 0 bridgehead atoms. The summed E-state index contributed by atoms with van der Waals surface area (Å²) in [4.78, 5) is 56.8. The number of carboxylic acids is 1. The van der Waals surface area contributed by atoms with Gasteiger partial charge in [0.05, 0.1) is 56.2 Å². The lowest BCUT2D eigenvalue weighted by Crippen LogP contribution is -2.69. The molecule has 20 unspecified atom stereocenters. The molecule has 20 N–H and O–H groups in total. The molecule has 0 aromatic heterocycles. The van der Waals surface area contributed by atoms with Gasteiger partial charge < -0.3 is 159 Å². The normalized spacial score (nSPS) is 52.9. The highest BCUT2D eigenvalue weighted by Gasteiger charge is 2.91. The van der Waals surface area contributed by atoms with Crippen LogP contribution in [0.2, 0.25) is 0 Å². The summed E-state index contributed by atoms with van der Waals surface area (Å²) in [6, 6.07) is -1.44. The van der Waals surface area contributed by atoms with Crippen molar-refractivity contribution in [2.45, 2.75) is 310 Å². The van der Waals surface area contributed by atoms with Gasteiger partial charge in [-0.2, -0.15) is 0 Å². The molecule has 105 heavy (non-hydrogen) atoms. The maximum atomic E-state index is 16.0. The molecular formula is C70H110N2O33. The molecule has 598 valence electrons. The van der Waals surface area contributed by atoms with Crippen LogP contribution in [0, 0.1) is 55.7 Å². The highest BCUT2D eigenvalue weighted by molar-refractivity contribution is 5.80. The summed E-state index contributed by atoms with van der Waals surface area (Å²) >= 11 is 0. The van der Waals surface area contributed by atoms with E-state index in [0.717, 1.165) is 11.9 Å². The highest BCUT2D eigenvalue weighted by Crippen LogP contribution is 2.95. The number of aliphatic hydroxyl groups excluding tert-OH is 16. The molecule has 35 nitrogen and oxygen atoms in total. The third-order valence-corrected chi connectivity index (χ3v) is 27.3. The Bertz CT molecular complexity index is 3140. The molecule has 6 aliphatic carbocycles. The van der Waals surface area contributed by atoms with E-state index in [0.29, 0.717) is 57.9 Å². The van der Waals surface area contributed by atoms with E-state index in [4.69, 9.17) is 62.6 Å². The standard InChI is InChI=1S/C70H110N2O33/c1-27-51(100-57-46(86)40(80)30(76)24-94-57)45(85)49(89)59(96-27)103-54-43(83)39(72-38(79)11-9-8-10-18-71)32(22-73)97-61(54)105-63(93)69-17-16-64(2,3)20-29(69)28-12-15-70-35(68(70,7)67(28,6)21-36(69)78)19-34-65(4,26-75)37(13-14-66(34,70)5)99-62-55(104-60-48(88)44(84)42(82)33(23-74)98-60)52(50(90)53(102-62)56(91)92)101-58-47(87)41(81)31(77)25-95-58/h12,26-27,29-37,39-55,57-62,73-74,76-78,80-90H,8-11,13-25,71H2,1-7H3,(H,72,79)(H,91,92)/t27-,29?,30?,31-,32+,33?,34+,35?,36+,37+,39?,40?,41+,42+,43?,44+,45?,46?,47+,48+,49?,50+,51?,52+,53?,54?,55+,57+,58?,59+,60?,61+,62?,65-,66?,67-,68?,69?,70?/m1/s1. The molecule has 5 saturated carbocycles. The van der Waals surface area contributed by atoms with Gasteiger partial charge in [-0.05, 0) is 123 Å². The highest BCUT2D eigenvalue weighted by atomic mass is 16.8. The van der Waals surface area contributed by atoms with Gasteiger partial charge in [-0.15, -0.1) is 0 Å². The van der Waals surface area contributed by atoms with Crippen LogP contribution in [0.4, 0.5) is 0 Å². The van der Waals surface area contributed by atoms with Gasteiger partial charge in [-0.3, -0.25) is 9.59 Å². The smallest absolute Gasteiger partial charge is 0.335 e. The van der Waals surface area contributed by atoms with Gasteiger partial charge in [0.25, 0.3) is 0 Å². The van der Waals surface area contributed by atoms with Crippen molar-refractivity contribution in [2.75, 3.05) is 33.0 Å². The second-order valence-electron chi connectivity index (χ2n) is 33.3. The Morgan fingerprint density at radius 3 is 1.81 bits per heavy atom. The summed E-state index contributed by atoms with van der Waals surface area (Å²) < 4.78 is 72.8. The minimum Gasteiger partial charge on any atom is -0.479 e. The van der Waals surface area contributed by atoms with E-state index >= 15 is 4.79 Å². The number of aliphatic carboxylic acids is 1. The molecule has 0 aromatic carbocycles. The molecule has 6 heterocycles. The predicted molar refractivity (Wildman–Crippen MR) is 348 cm³/mol. The number of allylic oxidation sites excluding steroid dienone is 2. The minimum atomic E-state index is -2.22. The van der Waals surface area contributed by atoms with Crippen LogP contribution in [0.1, 0.15) is 126 Å². The van der Waals surface area contributed by atoms with Crippen molar-refractivity contribution in [1.29, 1.82) is 0 Å². The molecule has 11 fully saturated rings. The average molecular weight is 1510 g/mol. The van der Waals surface area contributed by atoms with Gasteiger partial charge in [-0.25, -0.2) is 4.79 Å². The first-order chi connectivity index (χ1) is 49.4. The number of nitrogens with two attached hydrogens (primary N) is 1. The third-order valence-electron chi connectivity index (χ3n) is 27.3. The first kappa shape index (κ1) is 81.2. The zero-order valence-electron chi connectivity index (χ0n) is 59.9.